The van der Waals surface area contributed by atoms with Crippen molar-refractivity contribution in [1.82, 2.24) is 0 Å². The van der Waals surface area contributed by atoms with Crippen LogP contribution < -0.4 is 0 Å². The van der Waals surface area contributed by atoms with Gasteiger partial charge in [0, 0.05) is 9.80 Å². The van der Waals surface area contributed by atoms with Crippen LogP contribution in [0.25, 0.3) is 0 Å². The first-order valence-electron chi connectivity index (χ1n) is 4.01. The summed E-state index contributed by atoms with van der Waals surface area (Å²) in [5.74, 6) is 0. The predicted molar refractivity (Wildman–Crippen MR) is 63.0 cm³/mol. The molecule has 0 heterocycles. The molecule has 0 bridgehead atoms. The summed E-state index contributed by atoms with van der Waals surface area (Å²) in [6, 6.07) is 4.10. The maximum atomic E-state index is 13.3. The van der Waals surface area contributed by atoms with Crippen LogP contribution in [0.2, 0.25) is 0 Å². The summed E-state index contributed by atoms with van der Waals surface area (Å²) in [5, 5.41) is 0.523. The zero-order valence-electron chi connectivity index (χ0n) is 7.71. The van der Waals surface area contributed by atoms with Crippen LogP contribution in [0, 0.1) is 0 Å². The first kappa shape index (κ1) is 14.3. The van der Waals surface area contributed by atoms with Crippen LogP contribution in [0.3, 0.4) is 0 Å². The van der Waals surface area contributed by atoms with Crippen molar-refractivity contribution in [3.63, 3.8) is 0 Å². The average molecular weight is 380 g/mol. The summed E-state index contributed by atoms with van der Waals surface area (Å²) in [7, 11) is -3.70. The van der Waals surface area contributed by atoms with Gasteiger partial charge in [-0.2, -0.15) is 8.78 Å². The molecule has 0 aromatic heterocycles. The maximum Gasteiger partial charge on any atom is 0.390 e. The Kier molecular flexibility index (Phi) is 5.07. The van der Waals surface area contributed by atoms with Crippen LogP contribution in [0.1, 0.15) is 11.1 Å². The first-order chi connectivity index (χ1) is 7.36. The van der Waals surface area contributed by atoms with Crippen molar-refractivity contribution in [3.8, 4) is 0 Å². The third-order valence-electron chi connectivity index (χ3n) is 1.72. The molecule has 0 aliphatic rings. The molecule has 16 heavy (non-hydrogen) atoms. The molecule has 0 saturated heterocycles. The van der Waals surface area contributed by atoms with E-state index in [1.54, 1.807) is 0 Å². The van der Waals surface area contributed by atoms with E-state index in [2.05, 4.69) is 36.4 Å². The number of rotatable bonds is 4. The minimum atomic E-state index is -3.78. The van der Waals surface area contributed by atoms with Gasteiger partial charge in [0.05, 0.1) is 5.56 Å². The molecular weight excluding hydrogens is 373 g/mol. The Bertz CT molecular complexity index is 414. The van der Waals surface area contributed by atoms with Crippen molar-refractivity contribution in [1.29, 1.82) is 0 Å². The fourth-order valence-electron chi connectivity index (χ4n) is 1.04. The molecule has 1 rings (SSSR count). The van der Waals surface area contributed by atoms with Gasteiger partial charge in [0.1, 0.15) is 0 Å². The van der Waals surface area contributed by atoms with Crippen molar-refractivity contribution in [2.24, 2.45) is 0 Å². The third kappa shape index (κ3) is 3.60. The van der Waals surface area contributed by atoms with Gasteiger partial charge in [0.15, 0.2) is 0 Å². The van der Waals surface area contributed by atoms with E-state index in [0.29, 0.717) is 5.33 Å². The molecule has 90 valence electrons. The standard InChI is InChI=1S/C8H7Br2F2O3P/c9-4-5-1-2-6(7(10)3-5)8(11,12)15-16(13)14/h1-3,16H,4H2,(H,13,14). The second-order valence-electron chi connectivity index (χ2n) is 2.83. The number of alkyl halides is 3. The largest absolute Gasteiger partial charge is 0.390 e. The Morgan fingerprint density at radius 3 is 2.56 bits per heavy atom. The van der Waals surface area contributed by atoms with Crippen LogP contribution in [0.4, 0.5) is 8.78 Å². The molecule has 1 aromatic rings. The highest BCUT2D eigenvalue weighted by molar-refractivity contribution is 9.10. The van der Waals surface area contributed by atoms with Crippen LogP contribution in [-0.4, -0.2) is 4.89 Å². The molecule has 8 heteroatoms. The summed E-state index contributed by atoms with van der Waals surface area (Å²) in [4.78, 5) is 8.36. The Morgan fingerprint density at radius 2 is 2.12 bits per heavy atom. The van der Waals surface area contributed by atoms with E-state index in [9.17, 15) is 13.3 Å². The van der Waals surface area contributed by atoms with Gasteiger partial charge in [-0.3, -0.25) is 4.57 Å². The van der Waals surface area contributed by atoms with Gasteiger partial charge in [-0.15, -0.1) is 0 Å². The summed E-state index contributed by atoms with van der Waals surface area (Å²) < 4.78 is 40.7. The molecule has 1 aromatic carbocycles. The van der Waals surface area contributed by atoms with E-state index in [-0.39, 0.29) is 4.47 Å². The topological polar surface area (TPSA) is 46.5 Å². The Balaban J connectivity index is 3.08. The lowest BCUT2D eigenvalue weighted by Gasteiger charge is -2.16. The maximum absolute atomic E-state index is 13.3. The zero-order valence-corrected chi connectivity index (χ0v) is 11.9. The van der Waals surface area contributed by atoms with Gasteiger partial charge in [-0.25, -0.2) is 4.52 Å². The molecule has 0 saturated carbocycles. The van der Waals surface area contributed by atoms with Crippen molar-refractivity contribution in [2.75, 3.05) is 0 Å². The van der Waals surface area contributed by atoms with Crippen molar-refractivity contribution in [3.05, 3.63) is 33.8 Å². The molecule has 3 nitrogen and oxygen atoms in total. The molecule has 0 spiro atoms. The average Bonchev–Trinajstić information content (AvgIpc) is 2.14. The van der Waals surface area contributed by atoms with E-state index in [4.69, 9.17) is 4.89 Å². The second kappa shape index (κ2) is 5.69. The van der Waals surface area contributed by atoms with Crippen LogP contribution >= 0.6 is 40.1 Å². The Labute approximate surface area is 108 Å². The zero-order chi connectivity index (χ0) is 12.3. The van der Waals surface area contributed by atoms with Gasteiger partial charge in [-0.05, 0) is 17.7 Å². The number of benzene rings is 1. The smallest absolute Gasteiger partial charge is 0.326 e. The van der Waals surface area contributed by atoms with Crippen molar-refractivity contribution in [2.45, 2.75) is 11.4 Å². The summed E-state index contributed by atoms with van der Waals surface area (Å²) in [6.07, 6.45) is -3.78. The molecule has 0 aliphatic carbocycles. The Hall–Kier alpha value is 0.190. The minimum absolute atomic E-state index is 0.123. The lowest BCUT2D eigenvalue weighted by atomic mass is 10.1. The molecule has 0 amide bonds. The molecule has 1 unspecified atom stereocenters. The van der Waals surface area contributed by atoms with Gasteiger partial charge < -0.3 is 4.89 Å². The molecule has 0 radical (unpaired) electrons. The van der Waals surface area contributed by atoms with Gasteiger partial charge >= 0.3 is 14.4 Å². The van der Waals surface area contributed by atoms with E-state index in [0.717, 1.165) is 11.6 Å². The third-order valence-corrected chi connectivity index (χ3v) is 3.45. The lowest BCUT2D eigenvalue weighted by Crippen LogP contribution is -2.15. The van der Waals surface area contributed by atoms with Crippen LogP contribution in [-0.2, 0) is 20.5 Å². The van der Waals surface area contributed by atoms with E-state index in [1.807, 2.05) is 0 Å². The lowest BCUT2D eigenvalue weighted by molar-refractivity contribution is -0.186. The molecule has 0 fully saturated rings. The minimum Gasteiger partial charge on any atom is -0.326 e. The second-order valence-corrected chi connectivity index (χ2v) is 4.98. The predicted octanol–water partition coefficient (Wildman–Crippen LogP) is 3.79. The van der Waals surface area contributed by atoms with E-state index in [1.165, 1.54) is 12.1 Å². The highest BCUT2D eigenvalue weighted by Crippen LogP contribution is 2.40. The first-order valence-corrected chi connectivity index (χ1v) is 7.19. The van der Waals surface area contributed by atoms with Crippen LogP contribution in [0.5, 0.6) is 0 Å². The summed E-state index contributed by atoms with van der Waals surface area (Å²) in [5.41, 5.74) is 0.313. The monoisotopic (exact) mass is 378 g/mol. The van der Waals surface area contributed by atoms with Crippen molar-refractivity contribution < 1.29 is 22.8 Å². The number of halogens is 4. The SMILES string of the molecule is O=[PH](O)OC(F)(F)c1ccc(CBr)cc1Br. The summed E-state index contributed by atoms with van der Waals surface area (Å²) >= 11 is 6.14. The molecule has 0 aliphatic heterocycles. The molecule has 1 atom stereocenters. The fraction of sp³-hybridized carbons (Fsp3) is 0.250. The van der Waals surface area contributed by atoms with Gasteiger partial charge in [0.25, 0.3) is 0 Å². The fourth-order valence-corrected chi connectivity index (χ4v) is 2.38. The van der Waals surface area contributed by atoms with E-state index < -0.39 is 19.9 Å². The quantitative estimate of drug-likeness (QED) is 0.639. The molecule has 1 N–H and O–H groups in total. The van der Waals surface area contributed by atoms with Crippen LogP contribution in [0.15, 0.2) is 22.7 Å². The van der Waals surface area contributed by atoms with Crippen molar-refractivity contribution >= 4 is 40.1 Å². The van der Waals surface area contributed by atoms with Gasteiger partial charge in [0.2, 0.25) is 0 Å². The summed E-state index contributed by atoms with van der Waals surface area (Å²) in [6.45, 7) is 0. The highest BCUT2D eigenvalue weighted by Gasteiger charge is 2.36. The van der Waals surface area contributed by atoms with E-state index >= 15 is 0 Å². The molecular formula is C8H7Br2F2O3P. The highest BCUT2D eigenvalue weighted by atomic mass is 79.9. The number of hydrogen-bond donors (Lipinski definition) is 1. The van der Waals surface area contributed by atoms with Gasteiger partial charge in [-0.1, -0.05) is 37.9 Å². The Morgan fingerprint density at radius 1 is 1.50 bits per heavy atom. The normalized spacial score (nSPS) is 13.8. The number of hydrogen-bond acceptors (Lipinski definition) is 2.